The van der Waals surface area contributed by atoms with Crippen molar-refractivity contribution in [3.63, 3.8) is 0 Å². The molecule has 0 unspecified atom stereocenters. The number of nitrogens with one attached hydrogen (secondary N) is 1. The van der Waals surface area contributed by atoms with E-state index in [1.807, 2.05) is 0 Å². The van der Waals surface area contributed by atoms with Crippen LogP contribution in [0, 0.1) is 5.82 Å². The summed E-state index contributed by atoms with van der Waals surface area (Å²) in [6, 6.07) is 10.00. The molecule has 1 N–H and O–H groups in total. The lowest BCUT2D eigenvalue weighted by Gasteiger charge is -2.17. The topological polar surface area (TPSA) is 83.6 Å². The minimum absolute atomic E-state index is 0.00940. The molecule has 148 valence electrons. The lowest BCUT2D eigenvalue weighted by molar-refractivity contribution is -0.117. The molecule has 6 nitrogen and oxygen atoms in total. The molecule has 0 bridgehead atoms. The zero-order valence-corrected chi connectivity index (χ0v) is 16.3. The van der Waals surface area contributed by atoms with Gasteiger partial charge in [0.1, 0.15) is 5.82 Å². The number of carbonyl (C=O) groups excluding carboxylic acids is 2. The van der Waals surface area contributed by atoms with Gasteiger partial charge >= 0.3 is 0 Å². The van der Waals surface area contributed by atoms with Crippen molar-refractivity contribution in [2.24, 2.45) is 0 Å². The van der Waals surface area contributed by atoms with Crippen LogP contribution in [-0.2, 0) is 14.6 Å². The number of amides is 2. The van der Waals surface area contributed by atoms with Gasteiger partial charge in [0.15, 0.2) is 9.84 Å². The average molecular weight is 404 g/mol. The molecule has 0 saturated carbocycles. The van der Waals surface area contributed by atoms with Crippen LogP contribution in [0.3, 0.4) is 0 Å². The molecule has 1 heterocycles. The molecule has 2 aromatic carbocycles. The number of sulfone groups is 1. The van der Waals surface area contributed by atoms with Crippen LogP contribution in [0.1, 0.15) is 36.5 Å². The normalized spacial score (nSPS) is 14.4. The second-order valence-electron chi connectivity index (χ2n) is 6.58. The Hall–Kier alpha value is -2.74. The summed E-state index contributed by atoms with van der Waals surface area (Å²) in [7, 11) is -3.59. The smallest absolute Gasteiger partial charge is 0.256 e. The molecular weight excluding hydrogens is 383 g/mol. The van der Waals surface area contributed by atoms with Gasteiger partial charge in [0.05, 0.1) is 21.9 Å². The van der Waals surface area contributed by atoms with Gasteiger partial charge in [0.2, 0.25) is 5.91 Å². The molecule has 1 aliphatic heterocycles. The Bertz CT molecular complexity index is 1020. The van der Waals surface area contributed by atoms with E-state index >= 15 is 0 Å². The molecule has 0 radical (unpaired) electrons. The minimum atomic E-state index is -3.59. The van der Waals surface area contributed by atoms with Crippen molar-refractivity contribution in [2.75, 3.05) is 22.5 Å². The van der Waals surface area contributed by atoms with E-state index in [9.17, 15) is 22.4 Å². The largest absolute Gasteiger partial charge is 0.322 e. The van der Waals surface area contributed by atoms with Crippen LogP contribution in [0.25, 0.3) is 0 Å². The molecule has 0 aromatic heterocycles. The Morgan fingerprint density at radius 3 is 2.61 bits per heavy atom. The number of anilines is 2. The summed E-state index contributed by atoms with van der Waals surface area (Å²) in [6.45, 7) is 2.21. The van der Waals surface area contributed by atoms with E-state index in [0.717, 1.165) is 6.07 Å². The third kappa shape index (κ3) is 4.06. The predicted molar refractivity (Wildman–Crippen MR) is 105 cm³/mol. The maximum atomic E-state index is 14.5. The lowest BCUT2D eigenvalue weighted by atomic mass is 10.2. The summed E-state index contributed by atoms with van der Waals surface area (Å²) in [6.07, 6.45) is 1.50. The maximum Gasteiger partial charge on any atom is 0.256 e. The lowest BCUT2D eigenvalue weighted by Crippen LogP contribution is -2.24. The minimum Gasteiger partial charge on any atom is -0.322 e. The number of benzene rings is 2. The number of hydrogen-bond acceptors (Lipinski definition) is 4. The van der Waals surface area contributed by atoms with Crippen molar-refractivity contribution in [2.45, 2.75) is 31.1 Å². The van der Waals surface area contributed by atoms with Crippen LogP contribution in [-0.4, -0.2) is 32.5 Å². The van der Waals surface area contributed by atoms with Crippen LogP contribution >= 0.6 is 0 Å². The molecule has 1 fully saturated rings. The van der Waals surface area contributed by atoms with Gasteiger partial charge in [0.25, 0.3) is 5.91 Å². The SMILES string of the molecule is CCCS(=O)(=O)c1ccccc1C(=O)Nc1ccc(N2CCCC2=O)c(F)c1. The van der Waals surface area contributed by atoms with E-state index in [1.54, 1.807) is 19.1 Å². The Morgan fingerprint density at radius 1 is 1.21 bits per heavy atom. The van der Waals surface area contributed by atoms with Gasteiger partial charge in [0, 0.05) is 18.7 Å². The molecule has 8 heteroatoms. The van der Waals surface area contributed by atoms with Crippen LogP contribution in [0.2, 0.25) is 0 Å². The van der Waals surface area contributed by atoms with Crippen LogP contribution in [0.5, 0.6) is 0 Å². The van der Waals surface area contributed by atoms with E-state index in [4.69, 9.17) is 0 Å². The van der Waals surface area contributed by atoms with Crippen LogP contribution in [0.15, 0.2) is 47.4 Å². The third-order valence-electron chi connectivity index (χ3n) is 4.51. The number of nitrogens with zero attached hydrogens (tertiary/aromatic N) is 1. The first-order valence-corrected chi connectivity index (χ1v) is 10.7. The Labute approximate surface area is 163 Å². The van der Waals surface area contributed by atoms with Crippen molar-refractivity contribution in [3.8, 4) is 0 Å². The molecule has 28 heavy (non-hydrogen) atoms. The quantitative estimate of drug-likeness (QED) is 0.800. The van der Waals surface area contributed by atoms with E-state index in [-0.39, 0.29) is 33.5 Å². The summed E-state index contributed by atoms with van der Waals surface area (Å²) < 4.78 is 39.3. The molecule has 0 atom stereocenters. The average Bonchev–Trinajstić information content (AvgIpc) is 3.07. The highest BCUT2D eigenvalue weighted by Crippen LogP contribution is 2.27. The van der Waals surface area contributed by atoms with Crippen molar-refractivity contribution >= 4 is 33.0 Å². The summed E-state index contributed by atoms with van der Waals surface area (Å²) in [5, 5.41) is 2.54. The number of carbonyl (C=O) groups is 2. The second-order valence-corrected chi connectivity index (χ2v) is 8.66. The first-order valence-electron chi connectivity index (χ1n) is 9.06. The number of hydrogen-bond donors (Lipinski definition) is 1. The van der Waals surface area contributed by atoms with Crippen LogP contribution in [0.4, 0.5) is 15.8 Å². The first-order chi connectivity index (χ1) is 13.3. The molecular formula is C20H21FN2O4S. The van der Waals surface area contributed by atoms with E-state index < -0.39 is 21.6 Å². The van der Waals surface area contributed by atoms with Gasteiger partial charge in [-0.05, 0) is 43.2 Å². The summed E-state index contributed by atoms with van der Waals surface area (Å²) in [4.78, 5) is 25.8. The van der Waals surface area contributed by atoms with Crippen molar-refractivity contribution in [1.29, 1.82) is 0 Å². The molecule has 1 aliphatic rings. The van der Waals surface area contributed by atoms with Crippen molar-refractivity contribution in [1.82, 2.24) is 0 Å². The Kier molecular flexibility index (Phi) is 5.79. The van der Waals surface area contributed by atoms with Gasteiger partial charge in [-0.15, -0.1) is 0 Å². The summed E-state index contributed by atoms with van der Waals surface area (Å²) >= 11 is 0. The molecule has 2 aromatic rings. The van der Waals surface area contributed by atoms with Crippen molar-refractivity contribution in [3.05, 3.63) is 53.8 Å². The maximum absolute atomic E-state index is 14.5. The molecule has 2 amide bonds. The molecule has 0 aliphatic carbocycles. The fraction of sp³-hybridized carbons (Fsp3) is 0.300. The first kappa shape index (κ1) is 20.0. The van der Waals surface area contributed by atoms with Gasteiger partial charge in [-0.25, -0.2) is 12.8 Å². The van der Waals surface area contributed by atoms with E-state index in [2.05, 4.69) is 5.32 Å². The second kappa shape index (κ2) is 8.10. The van der Waals surface area contributed by atoms with E-state index in [0.29, 0.717) is 25.8 Å². The monoisotopic (exact) mass is 404 g/mol. The van der Waals surface area contributed by atoms with Crippen LogP contribution < -0.4 is 10.2 Å². The van der Waals surface area contributed by atoms with Gasteiger partial charge in [-0.2, -0.15) is 0 Å². The fourth-order valence-corrected chi connectivity index (χ4v) is 4.75. The zero-order chi connectivity index (χ0) is 20.3. The molecule has 0 spiro atoms. The molecule has 1 saturated heterocycles. The summed E-state index contributed by atoms with van der Waals surface area (Å²) in [5.41, 5.74) is 0.363. The highest BCUT2D eigenvalue weighted by Gasteiger charge is 2.25. The predicted octanol–water partition coefficient (Wildman–Crippen LogP) is 3.39. The third-order valence-corrected chi connectivity index (χ3v) is 6.48. The summed E-state index contributed by atoms with van der Waals surface area (Å²) in [5.74, 6) is -1.46. The van der Waals surface area contributed by atoms with Gasteiger partial charge < -0.3 is 10.2 Å². The highest BCUT2D eigenvalue weighted by atomic mass is 32.2. The fourth-order valence-electron chi connectivity index (χ4n) is 3.21. The number of halogens is 1. The van der Waals surface area contributed by atoms with Crippen molar-refractivity contribution < 1.29 is 22.4 Å². The zero-order valence-electron chi connectivity index (χ0n) is 15.4. The Morgan fingerprint density at radius 2 is 1.96 bits per heavy atom. The molecule has 3 rings (SSSR count). The van der Waals surface area contributed by atoms with E-state index in [1.165, 1.54) is 29.2 Å². The van der Waals surface area contributed by atoms with Gasteiger partial charge in [-0.3, -0.25) is 9.59 Å². The highest BCUT2D eigenvalue weighted by molar-refractivity contribution is 7.91. The Balaban J connectivity index is 1.85. The standard InChI is InChI=1S/C20H21FN2O4S/c1-2-12-28(26,27)18-7-4-3-6-15(18)20(25)22-14-9-10-17(16(21)13-14)23-11-5-8-19(23)24/h3-4,6-7,9-10,13H,2,5,8,11-12H2,1H3,(H,22,25). The van der Waals surface area contributed by atoms with Gasteiger partial charge in [-0.1, -0.05) is 19.1 Å². The number of rotatable bonds is 6.